The van der Waals surface area contributed by atoms with Crippen molar-refractivity contribution in [2.24, 2.45) is 10.2 Å². The molecule has 30 heavy (non-hydrogen) atoms. The average Bonchev–Trinajstić information content (AvgIpc) is 3.17. The molecule has 3 aromatic carbocycles. The van der Waals surface area contributed by atoms with Crippen molar-refractivity contribution in [1.82, 2.24) is 4.98 Å². The molecule has 4 aromatic rings. The van der Waals surface area contributed by atoms with Crippen molar-refractivity contribution in [2.75, 3.05) is 7.11 Å². The minimum absolute atomic E-state index is 0.145. The summed E-state index contributed by atoms with van der Waals surface area (Å²) in [7, 11) is 1.46. The van der Waals surface area contributed by atoms with Gasteiger partial charge in [0.25, 0.3) is 0 Å². The number of hydrogen-bond donors (Lipinski definition) is 0. The van der Waals surface area contributed by atoms with Crippen LogP contribution in [0.2, 0.25) is 0 Å². The zero-order valence-electron chi connectivity index (χ0n) is 15.9. The highest BCUT2D eigenvalue weighted by Gasteiger charge is 2.16. The topological polar surface area (TPSA) is 73.1 Å². The van der Waals surface area contributed by atoms with Crippen LogP contribution >= 0.6 is 11.3 Å². The SMILES string of the molecule is COc1cc(CN=Nc2nc3ccccc3s2)ccc1OC(=O)c1ccccc1F. The summed E-state index contributed by atoms with van der Waals surface area (Å²) in [6, 6.07) is 18.4. The third-order valence-corrected chi connectivity index (χ3v) is 5.14. The fraction of sp³-hybridized carbons (Fsp3) is 0.0909. The Labute approximate surface area is 175 Å². The summed E-state index contributed by atoms with van der Waals surface area (Å²) in [5.74, 6) is -0.909. The molecule has 1 aromatic heterocycles. The molecule has 0 bridgehead atoms. The van der Waals surface area contributed by atoms with Gasteiger partial charge in [0, 0.05) is 0 Å². The minimum Gasteiger partial charge on any atom is -0.493 e. The summed E-state index contributed by atoms with van der Waals surface area (Å²) in [6.07, 6.45) is 0. The van der Waals surface area contributed by atoms with Crippen LogP contribution < -0.4 is 9.47 Å². The molecule has 0 spiro atoms. The van der Waals surface area contributed by atoms with Crippen LogP contribution in [0.15, 0.2) is 77.0 Å². The number of para-hydroxylation sites is 1. The first-order valence-corrected chi connectivity index (χ1v) is 9.82. The molecule has 6 nitrogen and oxygen atoms in total. The number of benzene rings is 3. The van der Waals surface area contributed by atoms with E-state index >= 15 is 0 Å². The number of carbonyl (C=O) groups excluding carboxylic acids is 1. The van der Waals surface area contributed by atoms with Crippen molar-refractivity contribution in [3.8, 4) is 11.5 Å². The maximum absolute atomic E-state index is 13.8. The Morgan fingerprint density at radius 1 is 1.07 bits per heavy atom. The van der Waals surface area contributed by atoms with Gasteiger partial charge in [0.05, 0.1) is 29.4 Å². The summed E-state index contributed by atoms with van der Waals surface area (Å²) in [5.41, 5.74) is 1.55. The van der Waals surface area contributed by atoms with Crippen molar-refractivity contribution in [1.29, 1.82) is 0 Å². The van der Waals surface area contributed by atoms with E-state index in [1.807, 2.05) is 24.3 Å². The molecule has 0 aliphatic heterocycles. The van der Waals surface area contributed by atoms with E-state index in [-0.39, 0.29) is 11.3 Å². The molecule has 0 aliphatic rings. The summed E-state index contributed by atoms with van der Waals surface area (Å²) < 4.78 is 25.4. The quantitative estimate of drug-likeness (QED) is 0.219. The maximum atomic E-state index is 13.8. The van der Waals surface area contributed by atoms with Crippen LogP contribution in [0.5, 0.6) is 11.5 Å². The number of nitrogens with zero attached hydrogens (tertiary/aromatic N) is 3. The Kier molecular flexibility index (Phi) is 5.76. The summed E-state index contributed by atoms with van der Waals surface area (Å²) in [6.45, 7) is 0.299. The van der Waals surface area contributed by atoms with Crippen LogP contribution in [0.1, 0.15) is 15.9 Å². The monoisotopic (exact) mass is 421 g/mol. The van der Waals surface area contributed by atoms with E-state index in [0.717, 1.165) is 15.8 Å². The van der Waals surface area contributed by atoms with Gasteiger partial charge in [0.1, 0.15) is 5.82 Å². The van der Waals surface area contributed by atoms with Gasteiger partial charge in [-0.05, 0) is 42.0 Å². The van der Waals surface area contributed by atoms with Crippen LogP contribution in [0, 0.1) is 5.82 Å². The van der Waals surface area contributed by atoms with E-state index in [4.69, 9.17) is 9.47 Å². The van der Waals surface area contributed by atoms with Gasteiger partial charge in [-0.3, -0.25) is 0 Å². The number of thiazole rings is 1. The van der Waals surface area contributed by atoms with Crippen LogP contribution in [-0.4, -0.2) is 18.1 Å². The zero-order chi connectivity index (χ0) is 20.9. The Hall–Kier alpha value is -3.65. The van der Waals surface area contributed by atoms with E-state index in [9.17, 15) is 9.18 Å². The lowest BCUT2D eigenvalue weighted by molar-refractivity contribution is 0.0725. The fourth-order valence-corrected chi connectivity index (χ4v) is 3.56. The number of rotatable bonds is 6. The highest BCUT2D eigenvalue weighted by molar-refractivity contribution is 7.21. The van der Waals surface area contributed by atoms with E-state index in [1.165, 1.54) is 36.6 Å². The predicted octanol–water partition coefficient (Wildman–Crippen LogP) is 5.95. The number of carbonyl (C=O) groups is 1. The van der Waals surface area contributed by atoms with Crippen molar-refractivity contribution in [3.05, 3.63) is 83.7 Å². The number of esters is 1. The molecule has 0 radical (unpaired) electrons. The summed E-state index contributed by atoms with van der Waals surface area (Å²) >= 11 is 1.46. The van der Waals surface area contributed by atoms with Crippen LogP contribution in [0.3, 0.4) is 0 Å². The molecule has 0 amide bonds. The normalized spacial score (nSPS) is 11.1. The van der Waals surface area contributed by atoms with E-state index in [1.54, 1.807) is 24.3 Å². The Bertz CT molecular complexity index is 1210. The summed E-state index contributed by atoms with van der Waals surface area (Å²) in [5, 5.41) is 8.95. The lowest BCUT2D eigenvalue weighted by Gasteiger charge is -2.10. The van der Waals surface area contributed by atoms with Crippen molar-refractivity contribution >= 4 is 32.7 Å². The second-order valence-corrected chi connectivity index (χ2v) is 7.23. The molecule has 0 atom stereocenters. The summed E-state index contributed by atoms with van der Waals surface area (Å²) in [4.78, 5) is 16.6. The Morgan fingerprint density at radius 2 is 1.87 bits per heavy atom. The number of ether oxygens (including phenoxy) is 2. The lowest BCUT2D eigenvalue weighted by atomic mass is 10.2. The Morgan fingerprint density at radius 3 is 2.67 bits per heavy atom. The zero-order valence-corrected chi connectivity index (χ0v) is 16.7. The van der Waals surface area contributed by atoms with Crippen LogP contribution in [0.4, 0.5) is 9.52 Å². The third kappa shape index (κ3) is 4.33. The van der Waals surface area contributed by atoms with Crippen molar-refractivity contribution in [3.63, 3.8) is 0 Å². The van der Waals surface area contributed by atoms with Gasteiger partial charge in [0.15, 0.2) is 11.5 Å². The first-order chi connectivity index (χ1) is 14.6. The van der Waals surface area contributed by atoms with E-state index < -0.39 is 11.8 Å². The molecule has 0 fully saturated rings. The molecule has 0 aliphatic carbocycles. The van der Waals surface area contributed by atoms with Gasteiger partial charge in [-0.15, -0.1) is 5.11 Å². The second kappa shape index (κ2) is 8.79. The molecule has 1 heterocycles. The highest BCUT2D eigenvalue weighted by atomic mass is 32.1. The van der Waals surface area contributed by atoms with Gasteiger partial charge >= 0.3 is 5.97 Å². The number of methoxy groups -OCH3 is 1. The van der Waals surface area contributed by atoms with Gasteiger partial charge < -0.3 is 9.47 Å². The smallest absolute Gasteiger partial charge is 0.346 e. The standard InChI is InChI=1S/C22H16FN3O3S/c1-28-19-12-14(13-24-26-22-25-17-8-4-5-9-20(17)30-22)10-11-18(19)29-21(27)15-6-2-3-7-16(15)23/h2-12H,13H2,1H3. The van der Waals surface area contributed by atoms with E-state index in [0.29, 0.717) is 17.4 Å². The molecular formula is C22H16FN3O3S. The molecule has 0 saturated heterocycles. The average molecular weight is 421 g/mol. The highest BCUT2D eigenvalue weighted by Crippen LogP contribution is 2.30. The number of fused-ring (bicyclic) bond motifs is 1. The molecule has 0 unspecified atom stereocenters. The molecule has 8 heteroatoms. The molecule has 0 N–H and O–H groups in total. The molecule has 0 saturated carbocycles. The number of halogens is 1. The second-order valence-electron chi connectivity index (χ2n) is 6.22. The predicted molar refractivity (Wildman–Crippen MR) is 112 cm³/mol. The first kappa shape index (κ1) is 19.7. The van der Waals surface area contributed by atoms with Crippen molar-refractivity contribution in [2.45, 2.75) is 6.54 Å². The minimum atomic E-state index is -0.797. The molecule has 150 valence electrons. The number of hydrogen-bond acceptors (Lipinski definition) is 7. The number of aromatic nitrogens is 1. The molecular weight excluding hydrogens is 405 g/mol. The van der Waals surface area contributed by atoms with Gasteiger partial charge in [-0.2, -0.15) is 5.11 Å². The van der Waals surface area contributed by atoms with Crippen LogP contribution in [0.25, 0.3) is 10.2 Å². The van der Waals surface area contributed by atoms with Gasteiger partial charge in [-0.1, -0.05) is 41.7 Å². The van der Waals surface area contributed by atoms with Crippen molar-refractivity contribution < 1.29 is 18.7 Å². The molecule has 4 rings (SSSR count). The van der Waals surface area contributed by atoms with E-state index in [2.05, 4.69) is 15.2 Å². The first-order valence-electron chi connectivity index (χ1n) is 9.01. The fourth-order valence-electron chi connectivity index (χ4n) is 2.76. The maximum Gasteiger partial charge on any atom is 0.346 e. The van der Waals surface area contributed by atoms with Gasteiger partial charge in [-0.25, -0.2) is 14.2 Å². The lowest BCUT2D eigenvalue weighted by Crippen LogP contribution is -2.11. The largest absolute Gasteiger partial charge is 0.493 e. The Balaban J connectivity index is 1.46. The van der Waals surface area contributed by atoms with Crippen LogP contribution in [-0.2, 0) is 6.54 Å². The third-order valence-electron chi connectivity index (χ3n) is 4.22. The number of azo groups is 1. The van der Waals surface area contributed by atoms with Gasteiger partial charge in [0.2, 0.25) is 5.13 Å².